The molecule has 0 N–H and O–H groups in total. The fourth-order valence-corrected chi connectivity index (χ4v) is 4.44. The third kappa shape index (κ3) is 4.17. The summed E-state index contributed by atoms with van der Waals surface area (Å²) in [6.45, 7) is 12.5. The Morgan fingerprint density at radius 3 is 2.52 bits per heavy atom. The highest BCUT2D eigenvalue weighted by Crippen LogP contribution is 2.31. The van der Waals surface area contributed by atoms with E-state index in [1.807, 2.05) is 6.07 Å². The van der Waals surface area contributed by atoms with Crippen molar-refractivity contribution >= 4 is 16.9 Å². The van der Waals surface area contributed by atoms with Crippen LogP contribution in [0.1, 0.15) is 28.8 Å². The Balaban J connectivity index is 1.30. The van der Waals surface area contributed by atoms with Crippen LogP contribution in [0.4, 0.5) is 5.95 Å². The molecule has 3 aromatic rings. The number of aromatic nitrogens is 2. The molecule has 0 radical (unpaired) electrons. The molecule has 31 heavy (non-hydrogen) atoms. The summed E-state index contributed by atoms with van der Waals surface area (Å²) in [4.78, 5) is 14.6. The van der Waals surface area contributed by atoms with E-state index < -0.39 is 0 Å². The zero-order valence-corrected chi connectivity index (χ0v) is 18.6. The molecule has 0 atom stereocenters. The van der Waals surface area contributed by atoms with Crippen LogP contribution in [0.25, 0.3) is 10.9 Å². The first kappa shape index (κ1) is 20.1. The van der Waals surface area contributed by atoms with Gasteiger partial charge < -0.3 is 14.4 Å². The zero-order valence-electron chi connectivity index (χ0n) is 18.6. The fraction of sp³-hybridized carbons (Fsp3) is 0.440. The van der Waals surface area contributed by atoms with Gasteiger partial charge in [0.1, 0.15) is 13.2 Å². The molecule has 2 aromatic carbocycles. The largest absolute Gasteiger partial charge is 0.486 e. The predicted octanol–water partition coefficient (Wildman–Crippen LogP) is 4.04. The minimum atomic E-state index is 0.624. The highest BCUT2D eigenvalue weighted by atomic mass is 16.6. The van der Waals surface area contributed by atoms with Crippen LogP contribution in [0.3, 0.4) is 0 Å². The number of aryl methyl sites for hydroxylation is 3. The first-order valence-electron chi connectivity index (χ1n) is 11.2. The van der Waals surface area contributed by atoms with E-state index in [1.54, 1.807) is 0 Å². The van der Waals surface area contributed by atoms with Crippen molar-refractivity contribution in [3.8, 4) is 11.5 Å². The monoisotopic (exact) mass is 418 g/mol. The molecule has 2 aliphatic heterocycles. The number of hydrogen-bond acceptors (Lipinski definition) is 6. The average molecular weight is 419 g/mol. The van der Waals surface area contributed by atoms with Crippen LogP contribution in [0, 0.1) is 20.8 Å². The van der Waals surface area contributed by atoms with Gasteiger partial charge in [0.05, 0.1) is 11.2 Å². The molecule has 2 aliphatic rings. The Hall–Kier alpha value is -2.86. The van der Waals surface area contributed by atoms with Gasteiger partial charge in [-0.1, -0.05) is 6.07 Å². The molecule has 0 amide bonds. The molecule has 0 spiro atoms. The van der Waals surface area contributed by atoms with Gasteiger partial charge in [0.15, 0.2) is 11.5 Å². The minimum absolute atomic E-state index is 0.624. The standard InChI is InChI=1S/C25H30N4O2/c1-17-13-21-19(3)26-25(27-22(21)14-18(17)2)29-8-4-7-28(9-10-29)16-20-5-6-23-24(15-20)31-12-11-30-23/h5-6,13-15H,4,7-12,16H2,1-3H3. The Labute approximate surface area is 183 Å². The summed E-state index contributed by atoms with van der Waals surface area (Å²) in [5.74, 6) is 2.58. The van der Waals surface area contributed by atoms with Crippen LogP contribution in [-0.2, 0) is 6.54 Å². The van der Waals surface area contributed by atoms with Gasteiger partial charge in [-0.05, 0) is 68.1 Å². The van der Waals surface area contributed by atoms with E-state index in [0.717, 1.165) is 73.2 Å². The van der Waals surface area contributed by atoms with Crippen molar-refractivity contribution in [2.24, 2.45) is 0 Å². The fourth-order valence-electron chi connectivity index (χ4n) is 4.44. The van der Waals surface area contributed by atoms with E-state index in [2.05, 4.69) is 54.8 Å². The van der Waals surface area contributed by atoms with Crippen molar-refractivity contribution in [2.45, 2.75) is 33.7 Å². The molecular weight excluding hydrogens is 388 g/mol. The van der Waals surface area contributed by atoms with Gasteiger partial charge in [-0.15, -0.1) is 0 Å². The number of ether oxygens (including phenoxy) is 2. The van der Waals surface area contributed by atoms with E-state index in [1.165, 1.54) is 16.7 Å². The van der Waals surface area contributed by atoms with Gasteiger partial charge >= 0.3 is 0 Å². The predicted molar refractivity (Wildman–Crippen MR) is 123 cm³/mol. The maximum absolute atomic E-state index is 5.75. The third-order valence-electron chi connectivity index (χ3n) is 6.37. The van der Waals surface area contributed by atoms with Crippen molar-refractivity contribution in [3.63, 3.8) is 0 Å². The van der Waals surface area contributed by atoms with Crippen LogP contribution >= 0.6 is 0 Å². The highest BCUT2D eigenvalue weighted by Gasteiger charge is 2.19. The number of anilines is 1. The zero-order chi connectivity index (χ0) is 21.4. The van der Waals surface area contributed by atoms with Crippen LogP contribution in [0.15, 0.2) is 30.3 Å². The molecule has 0 saturated carbocycles. The summed E-state index contributed by atoms with van der Waals surface area (Å²) in [5, 5.41) is 1.15. The second kappa shape index (κ2) is 8.35. The third-order valence-corrected chi connectivity index (χ3v) is 6.37. The van der Waals surface area contributed by atoms with Crippen LogP contribution < -0.4 is 14.4 Å². The smallest absolute Gasteiger partial charge is 0.226 e. The van der Waals surface area contributed by atoms with Gasteiger partial charge in [0.2, 0.25) is 5.95 Å². The van der Waals surface area contributed by atoms with Gasteiger partial charge in [0.25, 0.3) is 0 Å². The lowest BCUT2D eigenvalue weighted by Crippen LogP contribution is -2.31. The normalized spacial score (nSPS) is 17.1. The average Bonchev–Trinajstić information content (AvgIpc) is 3.00. The highest BCUT2D eigenvalue weighted by molar-refractivity contribution is 5.83. The Morgan fingerprint density at radius 1 is 0.839 bits per heavy atom. The van der Waals surface area contributed by atoms with E-state index in [-0.39, 0.29) is 0 Å². The maximum Gasteiger partial charge on any atom is 0.226 e. The molecule has 1 fully saturated rings. The van der Waals surface area contributed by atoms with E-state index in [0.29, 0.717) is 13.2 Å². The van der Waals surface area contributed by atoms with Crippen LogP contribution in [0.5, 0.6) is 11.5 Å². The number of fused-ring (bicyclic) bond motifs is 2. The van der Waals surface area contributed by atoms with Crippen molar-refractivity contribution < 1.29 is 9.47 Å². The van der Waals surface area contributed by atoms with Crippen molar-refractivity contribution in [1.29, 1.82) is 0 Å². The molecule has 1 saturated heterocycles. The van der Waals surface area contributed by atoms with E-state index in [4.69, 9.17) is 19.4 Å². The lowest BCUT2D eigenvalue weighted by molar-refractivity contribution is 0.171. The summed E-state index contributed by atoms with van der Waals surface area (Å²) < 4.78 is 11.4. The summed E-state index contributed by atoms with van der Waals surface area (Å²) in [6, 6.07) is 10.7. The molecule has 162 valence electrons. The first-order valence-corrected chi connectivity index (χ1v) is 11.2. The molecule has 0 aliphatic carbocycles. The van der Waals surface area contributed by atoms with Gasteiger partial charge in [-0.2, -0.15) is 0 Å². The summed E-state index contributed by atoms with van der Waals surface area (Å²) in [5.41, 5.74) is 5.93. The Bertz CT molecular complexity index is 1110. The lowest BCUT2D eigenvalue weighted by Gasteiger charge is -2.23. The van der Waals surface area contributed by atoms with Gasteiger partial charge in [0, 0.05) is 38.1 Å². The quantitative estimate of drug-likeness (QED) is 0.640. The number of hydrogen-bond donors (Lipinski definition) is 0. The SMILES string of the molecule is Cc1cc2nc(N3CCCN(Cc4ccc5c(c4)OCCO5)CC3)nc(C)c2cc1C. The molecule has 3 heterocycles. The Kier molecular flexibility index (Phi) is 5.40. The number of nitrogens with zero attached hydrogens (tertiary/aromatic N) is 4. The molecule has 5 rings (SSSR count). The summed E-state index contributed by atoms with van der Waals surface area (Å²) >= 11 is 0. The van der Waals surface area contributed by atoms with Gasteiger partial charge in [-0.25, -0.2) is 9.97 Å². The van der Waals surface area contributed by atoms with Crippen molar-refractivity contribution in [3.05, 3.63) is 52.7 Å². The van der Waals surface area contributed by atoms with Crippen LogP contribution in [-0.4, -0.2) is 54.3 Å². The number of benzene rings is 2. The molecule has 1 aromatic heterocycles. The molecule has 6 heteroatoms. The van der Waals surface area contributed by atoms with E-state index in [9.17, 15) is 0 Å². The Morgan fingerprint density at radius 2 is 1.65 bits per heavy atom. The van der Waals surface area contributed by atoms with Crippen LogP contribution in [0.2, 0.25) is 0 Å². The topological polar surface area (TPSA) is 50.7 Å². The summed E-state index contributed by atoms with van der Waals surface area (Å²) in [6.07, 6.45) is 1.10. The molecule has 0 unspecified atom stereocenters. The summed E-state index contributed by atoms with van der Waals surface area (Å²) in [7, 11) is 0. The maximum atomic E-state index is 5.75. The van der Waals surface area contributed by atoms with Crippen molar-refractivity contribution in [1.82, 2.24) is 14.9 Å². The van der Waals surface area contributed by atoms with Gasteiger partial charge in [-0.3, -0.25) is 4.90 Å². The second-order valence-electron chi connectivity index (χ2n) is 8.66. The number of rotatable bonds is 3. The lowest BCUT2D eigenvalue weighted by atomic mass is 10.1. The first-order chi connectivity index (χ1) is 15.1. The molecular formula is C25H30N4O2. The van der Waals surface area contributed by atoms with Crippen molar-refractivity contribution in [2.75, 3.05) is 44.3 Å². The second-order valence-corrected chi connectivity index (χ2v) is 8.66. The minimum Gasteiger partial charge on any atom is -0.486 e. The molecule has 0 bridgehead atoms. The van der Waals surface area contributed by atoms with E-state index >= 15 is 0 Å². The molecule has 6 nitrogen and oxygen atoms in total.